The first-order valence-electron chi connectivity index (χ1n) is 5.69. The second kappa shape index (κ2) is 4.56. The summed E-state index contributed by atoms with van der Waals surface area (Å²) in [5.74, 6) is -0.292. The van der Waals surface area contributed by atoms with E-state index in [1.807, 2.05) is 4.90 Å². The molecule has 0 fully saturated rings. The van der Waals surface area contributed by atoms with Crippen LogP contribution in [0.25, 0.3) is 0 Å². The average molecular weight is 258 g/mol. The number of nitrogens with zero attached hydrogens (tertiary/aromatic N) is 3. The van der Waals surface area contributed by atoms with Crippen molar-refractivity contribution in [3.05, 3.63) is 60.0 Å². The van der Waals surface area contributed by atoms with E-state index >= 15 is 0 Å². The Labute approximate surface area is 108 Å². The molecule has 1 aromatic carbocycles. The van der Waals surface area contributed by atoms with Gasteiger partial charge in [0.25, 0.3) is 0 Å². The van der Waals surface area contributed by atoms with Crippen LogP contribution in [-0.2, 0) is 0 Å². The topological polar surface area (TPSA) is 67.7 Å². The molecule has 1 aromatic heterocycles. The molecule has 3 rings (SSSR count). The molecule has 2 N–H and O–H groups in total. The largest absolute Gasteiger partial charge is 0.399 e. The van der Waals surface area contributed by atoms with Crippen molar-refractivity contribution in [2.45, 2.75) is 6.04 Å². The van der Waals surface area contributed by atoms with Crippen LogP contribution in [-0.4, -0.2) is 11.5 Å². The normalized spacial score (nSPS) is 18.5. The lowest BCUT2D eigenvalue weighted by Crippen LogP contribution is -2.33. The molecule has 0 radical (unpaired) electrons. The monoisotopic (exact) mass is 258 g/mol. The van der Waals surface area contributed by atoms with Crippen LogP contribution in [0.4, 0.5) is 10.1 Å². The summed E-state index contributed by atoms with van der Waals surface area (Å²) in [5.41, 5.74) is 7.96. The van der Waals surface area contributed by atoms with Gasteiger partial charge in [0.1, 0.15) is 23.8 Å². The molecule has 1 unspecified atom stereocenters. The Morgan fingerprint density at radius 1 is 1.21 bits per heavy atom. The zero-order valence-corrected chi connectivity index (χ0v) is 9.90. The fourth-order valence-corrected chi connectivity index (χ4v) is 1.99. The van der Waals surface area contributed by atoms with Gasteiger partial charge in [-0.1, -0.05) is 5.16 Å². The number of aromatic nitrogens is 1. The molecule has 19 heavy (non-hydrogen) atoms. The zero-order chi connectivity index (χ0) is 13.2. The predicted molar refractivity (Wildman–Crippen MR) is 68.9 cm³/mol. The van der Waals surface area contributed by atoms with Crippen LogP contribution in [0.2, 0.25) is 0 Å². The lowest BCUT2D eigenvalue weighted by atomic mass is 10.1. The van der Waals surface area contributed by atoms with E-state index in [1.165, 1.54) is 18.4 Å². The van der Waals surface area contributed by atoms with E-state index in [2.05, 4.69) is 10.1 Å². The Balaban J connectivity index is 2.01. The smallest absolute Gasteiger partial charge is 0.124 e. The van der Waals surface area contributed by atoms with E-state index in [0.717, 1.165) is 5.69 Å². The molecule has 0 aliphatic carbocycles. The van der Waals surface area contributed by atoms with Gasteiger partial charge in [0.15, 0.2) is 0 Å². The van der Waals surface area contributed by atoms with E-state index in [1.54, 1.807) is 30.7 Å². The highest BCUT2D eigenvalue weighted by Gasteiger charge is 2.26. The number of nitrogens with two attached hydrogens (primary N) is 1. The minimum Gasteiger partial charge on any atom is -0.399 e. The standard InChI is InChI=1S/C13H11FN4O/c14-9-1-3-10(4-2-9)18-8-16-7-11(15)13(18)12-5-6-19-17-12/h1-8,13H,15H2. The molecule has 0 saturated carbocycles. The number of rotatable bonds is 2. The SMILES string of the molecule is NC1=CN=CN(c2ccc(F)cc2)C1c1ccon1. The highest BCUT2D eigenvalue weighted by Crippen LogP contribution is 2.30. The van der Waals surface area contributed by atoms with Crippen molar-refractivity contribution in [3.63, 3.8) is 0 Å². The van der Waals surface area contributed by atoms with Crippen molar-refractivity contribution in [3.8, 4) is 0 Å². The molecule has 96 valence electrons. The van der Waals surface area contributed by atoms with E-state index in [4.69, 9.17) is 10.3 Å². The van der Waals surface area contributed by atoms with Crippen LogP contribution < -0.4 is 10.6 Å². The van der Waals surface area contributed by atoms with Gasteiger partial charge in [-0.25, -0.2) is 9.38 Å². The van der Waals surface area contributed by atoms with Gasteiger partial charge >= 0.3 is 0 Å². The first-order chi connectivity index (χ1) is 9.25. The van der Waals surface area contributed by atoms with Crippen LogP contribution >= 0.6 is 0 Å². The van der Waals surface area contributed by atoms with Crippen LogP contribution in [0.3, 0.4) is 0 Å². The summed E-state index contributed by atoms with van der Waals surface area (Å²) in [5, 5.41) is 3.91. The molecule has 6 heteroatoms. The number of anilines is 1. The van der Waals surface area contributed by atoms with Gasteiger partial charge in [0, 0.05) is 18.0 Å². The van der Waals surface area contributed by atoms with Gasteiger partial charge in [0.05, 0.1) is 12.0 Å². The Bertz CT molecular complexity index is 619. The van der Waals surface area contributed by atoms with Gasteiger partial charge in [-0.2, -0.15) is 0 Å². The minimum absolute atomic E-state index is 0.292. The molecule has 1 aliphatic heterocycles. The second-order valence-electron chi connectivity index (χ2n) is 4.10. The molecule has 0 saturated heterocycles. The van der Waals surface area contributed by atoms with Gasteiger partial charge in [-0.15, -0.1) is 0 Å². The molecule has 1 atom stereocenters. The number of halogens is 1. The molecule has 2 aromatic rings. The average Bonchev–Trinajstić information content (AvgIpc) is 2.93. The molecule has 2 heterocycles. The van der Waals surface area contributed by atoms with E-state index < -0.39 is 0 Å². The fraction of sp³-hybridized carbons (Fsp3) is 0.0769. The van der Waals surface area contributed by atoms with Gasteiger partial charge < -0.3 is 15.2 Å². The molecule has 5 nitrogen and oxygen atoms in total. The second-order valence-corrected chi connectivity index (χ2v) is 4.10. The third-order valence-corrected chi connectivity index (χ3v) is 2.87. The minimum atomic E-state index is -0.304. The number of hydrogen-bond acceptors (Lipinski definition) is 5. The quantitative estimate of drug-likeness (QED) is 0.896. The molecule has 0 spiro atoms. The summed E-state index contributed by atoms with van der Waals surface area (Å²) in [6.45, 7) is 0. The van der Waals surface area contributed by atoms with Crippen molar-refractivity contribution < 1.29 is 8.91 Å². The number of aliphatic imine (C=N–C) groups is 1. The highest BCUT2D eigenvalue weighted by atomic mass is 19.1. The third kappa shape index (κ3) is 2.08. The van der Waals surface area contributed by atoms with Gasteiger partial charge in [0.2, 0.25) is 0 Å². The Hall–Kier alpha value is -2.63. The summed E-state index contributed by atoms with van der Waals surface area (Å²) >= 11 is 0. The summed E-state index contributed by atoms with van der Waals surface area (Å²) in [6.07, 6.45) is 4.68. The Morgan fingerprint density at radius 2 is 2.00 bits per heavy atom. The Morgan fingerprint density at radius 3 is 2.68 bits per heavy atom. The Kier molecular flexibility index (Phi) is 2.75. The van der Waals surface area contributed by atoms with E-state index in [9.17, 15) is 4.39 Å². The van der Waals surface area contributed by atoms with Crippen LogP contribution in [0, 0.1) is 5.82 Å². The van der Waals surface area contributed by atoms with E-state index in [0.29, 0.717) is 11.4 Å². The lowest BCUT2D eigenvalue weighted by molar-refractivity contribution is 0.408. The molecular formula is C13H11FN4O. The zero-order valence-electron chi connectivity index (χ0n) is 9.90. The molecule has 0 bridgehead atoms. The van der Waals surface area contributed by atoms with Crippen molar-refractivity contribution in [2.24, 2.45) is 10.7 Å². The maximum atomic E-state index is 13.0. The van der Waals surface area contributed by atoms with Crippen molar-refractivity contribution >= 4 is 12.0 Å². The van der Waals surface area contributed by atoms with Crippen molar-refractivity contribution in [1.29, 1.82) is 0 Å². The first kappa shape index (κ1) is 11.5. The van der Waals surface area contributed by atoms with Crippen LogP contribution in [0.1, 0.15) is 11.7 Å². The third-order valence-electron chi connectivity index (χ3n) is 2.87. The molecular weight excluding hydrogens is 247 g/mol. The highest BCUT2D eigenvalue weighted by molar-refractivity contribution is 5.82. The van der Waals surface area contributed by atoms with Crippen molar-refractivity contribution in [2.75, 3.05) is 4.90 Å². The van der Waals surface area contributed by atoms with Gasteiger partial charge in [-0.05, 0) is 24.3 Å². The summed E-state index contributed by atoms with van der Waals surface area (Å²) in [7, 11) is 0. The number of benzene rings is 1. The van der Waals surface area contributed by atoms with E-state index in [-0.39, 0.29) is 11.9 Å². The first-order valence-corrected chi connectivity index (χ1v) is 5.69. The van der Waals surface area contributed by atoms with Crippen molar-refractivity contribution in [1.82, 2.24) is 5.16 Å². The predicted octanol–water partition coefficient (Wildman–Crippen LogP) is 2.20. The fourth-order valence-electron chi connectivity index (χ4n) is 1.99. The van der Waals surface area contributed by atoms with Gasteiger partial charge in [-0.3, -0.25) is 0 Å². The van der Waals surface area contributed by atoms with Crippen LogP contribution in [0.15, 0.2) is 58.0 Å². The summed E-state index contributed by atoms with van der Waals surface area (Å²) in [4.78, 5) is 5.87. The van der Waals surface area contributed by atoms with Crippen LogP contribution in [0.5, 0.6) is 0 Å². The lowest BCUT2D eigenvalue weighted by Gasteiger charge is -2.30. The summed E-state index contributed by atoms with van der Waals surface area (Å²) in [6, 6.07) is 7.53. The number of hydrogen-bond donors (Lipinski definition) is 1. The maximum Gasteiger partial charge on any atom is 0.124 e. The maximum absolute atomic E-state index is 13.0. The molecule has 0 amide bonds. The summed E-state index contributed by atoms with van der Waals surface area (Å²) < 4.78 is 17.8. The molecule has 1 aliphatic rings.